The molecule has 0 unspecified atom stereocenters. The van der Waals surface area contributed by atoms with Crippen molar-refractivity contribution >= 4 is 22.6 Å². The van der Waals surface area contributed by atoms with Crippen LogP contribution in [0.3, 0.4) is 0 Å². The number of benzene rings is 3. The quantitative estimate of drug-likeness (QED) is 0.412. The molecule has 7 nitrogen and oxygen atoms in total. The zero-order valence-corrected chi connectivity index (χ0v) is 19.8. The van der Waals surface area contributed by atoms with Crippen LogP contribution in [0.1, 0.15) is 15.9 Å². The topological polar surface area (TPSA) is 85.9 Å². The van der Waals surface area contributed by atoms with E-state index >= 15 is 4.39 Å². The SMILES string of the molecule is CN1CCN(c2cc3[nH]c(-c4ccc(O)cc4)c(C(=O)OCc4ccccc4)c(=O)c3cc2F)CC1. The molecular formula is C28H26FN3O4. The molecule has 1 aliphatic rings. The molecule has 0 radical (unpaired) electrons. The Bertz CT molecular complexity index is 1460. The normalized spacial score (nSPS) is 14.2. The lowest BCUT2D eigenvalue weighted by molar-refractivity contribution is 0.0472. The highest BCUT2D eigenvalue weighted by Crippen LogP contribution is 2.29. The van der Waals surface area contributed by atoms with Gasteiger partial charge in [-0.3, -0.25) is 4.79 Å². The summed E-state index contributed by atoms with van der Waals surface area (Å²) >= 11 is 0. The minimum atomic E-state index is -0.811. The Hall–Kier alpha value is -4.17. The molecule has 0 saturated carbocycles. The van der Waals surface area contributed by atoms with Crippen molar-refractivity contribution in [1.82, 2.24) is 9.88 Å². The van der Waals surface area contributed by atoms with Crippen molar-refractivity contribution in [2.24, 2.45) is 0 Å². The largest absolute Gasteiger partial charge is 0.508 e. The molecule has 1 aliphatic heterocycles. The van der Waals surface area contributed by atoms with Crippen LogP contribution in [0.5, 0.6) is 5.75 Å². The van der Waals surface area contributed by atoms with Gasteiger partial charge in [0.05, 0.1) is 16.9 Å². The van der Waals surface area contributed by atoms with E-state index in [1.807, 2.05) is 42.3 Å². The number of phenolic OH excluding ortho intramolecular Hbond substituents is 1. The van der Waals surface area contributed by atoms with Gasteiger partial charge in [0.1, 0.15) is 23.7 Å². The highest BCUT2D eigenvalue weighted by molar-refractivity contribution is 6.00. The van der Waals surface area contributed by atoms with Crippen LogP contribution in [0.15, 0.2) is 71.5 Å². The number of aromatic amines is 1. The summed E-state index contributed by atoms with van der Waals surface area (Å²) in [5, 5.41) is 9.80. The molecule has 0 aliphatic carbocycles. The number of anilines is 1. The summed E-state index contributed by atoms with van der Waals surface area (Å²) in [5.41, 5.74) is 1.53. The lowest BCUT2D eigenvalue weighted by atomic mass is 10.0. The van der Waals surface area contributed by atoms with E-state index in [1.165, 1.54) is 18.2 Å². The molecule has 184 valence electrons. The molecule has 1 aromatic heterocycles. The van der Waals surface area contributed by atoms with Crippen LogP contribution >= 0.6 is 0 Å². The van der Waals surface area contributed by atoms with Crippen LogP contribution in [-0.4, -0.2) is 54.2 Å². The van der Waals surface area contributed by atoms with Crippen molar-refractivity contribution < 1.29 is 19.0 Å². The number of phenols is 1. The number of hydrogen-bond donors (Lipinski definition) is 2. The number of aromatic hydroxyl groups is 1. The van der Waals surface area contributed by atoms with E-state index in [0.29, 0.717) is 29.9 Å². The number of pyridine rings is 1. The molecule has 5 rings (SSSR count). The highest BCUT2D eigenvalue weighted by atomic mass is 19.1. The number of likely N-dealkylation sites (N-methyl/N-ethyl adjacent to an activating group) is 1. The smallest absolute Gasteiger partial charge is 0.344 e. The summed E-state index contributed by atoms with van der Waals surface area (Å²) in [5.74, 6) is -1.28. The third-order valence-electron chi connectivity index (χ3n) is 6.49. The summed E-state index contributed by atoms with van der Waals surface area (Å²) in [6.07, 6.45) is 0. The van der Waals surface area contributed by atoms with Gasteiger partial charge in [-0.05, 0) is 54.6 Å². The standard InChI is InChI=1S/C28H26FN3O4/c1-31-11-13-32(14-12-31)24-16-23-21(15-22(24)29)27(34)25(26(30-23)19-7-9-20(33)10-8-19)28(35)36-17-18-5-3-2-4-6-18/h2-10,15-16,33H,11-14,17H2,1H3,(H,30,34). The number of carbonyl (C=O) groups excluding carboxylic acids is 1. The molecule has 0 atom stereocenters. The van der Waals surface area contributed by atoms with Crippen molar-refractivity contribution in [3.8, 4) is 17.0 Å². The number of halogens is 1. The van der Waals surface area contributed by atoms with Crippen molar-refractivity contribution in [3.63, 3.8) is 0 Å². The molecule has 1 saturated heterocycles. The monoisotopic (exact) mass is 487 g/mol. The zero-order chi connectivity index (χ0) is 25.2. The molecule has 0 spiro atoms. The fourth-order valence-corrected chi connectivity index (χ4v) is 4.42. The van der Waals surface area contributed by atoms with Crippen LogP contribution in [0.25, 0.3) is 22.2 Å². The summed E-state index contributed by atoms with van der Waals surface area (Å²) in [6.45, 7) is 2.93. The van der Waals surface area contributed by atoms with Gasteiger partial charge in [-0.15, -0.1) is 0 Å². The van der Waals surface area contributed by atoms with Crippen LogP contribution in [0, 0.1) is 5.82 Å². The third-order valence-corrected chi connectivity index (χ3v) is 6.49. The van der Waals surface area contributed by atoms with E-state index in [2.05, 4.69) is 9.88 Å². The van der Waals surface area contributed by atoms with Gasteiger partial charge in [0.2, 0.25) is 5.43 Å². The maximum atomic E-state index is 15.2. The predicted molar refractivity (Wildman–Crippen MR) is 137 cm³/mol. The Morgan fingerprint density at radius 2 is 1.72 bits per heavy atom. The van der Waals surface area contributed by atoms with Gasteiger partial charge < -0.3 is 24.6 Å². The molecular weight excluding hydrogens is 461 g/mol. The van der Waals surface area contributed by atoms with Crippen LogP contribution < -0.4 is 10.3 Å². The first-order chi connectivity index (χ1) is 17.4. The van der Waals surface area contributed by atoms with Gasteiger partial charge in [0, 0.05) is 31.6 Å². The first-order valence-corrected chi connectivity index (χ1v) is 11.7. The minimum Gasteiger partial charge on any atom is -0.508 e. The second-order valence-corrected chi connectivity index (χ2v) is 8.95. The summed E-state index contributed by atoms with van der Waals surface area (Å²) < 4.78 is 20.7. The lowest BCUT2D eigenvalue weighted by Crippen LogP contribution is -2.44. The number of nitrogens with one attached hydrogen (secondary N) is 1. The van der Waals surface area contributed by atoms with Crippen molar-refractivity contribution in [1.29, 1.82) is 0 Å². The number of hydrogen-bond acceptors (Lipinski definition) is 6. The Labute approximate surface area is 207 Å². The minimum absolute atomic E-state index is 0.0110. The molecule has 8 heteroatoms. The van der Waals surface area contributed by atoms with E-state index in [1.54, 1.807) is 18.2 Å². The molecule has 1 fully saturated rings. The van der Waals surface area contributed by atoms with Crippen LogP contribution in [0.2, 0.25) is 0 Å². The second kappa shape index (κ2) is 9.83. The molecule has 3 aromatic carbocycles. The number of rotatable bonds is 5. The fourth-order valence-electron chi connectivity index (χ4n) is 4.42. The lowest BCUT2D eigenvalue weighted by Gasteiger charge is -2.34. The van der Waals surface area contributed by atoms with Crippen LogP contribution in [-0.2, 0) is 11.3 Å². The predicted octanol–water partition coefficient (Wildman–Crippen LogP) is 4.15. The van der Waals surface area contributed by atoms with Gasteiger partial charge in [-0.1, -0.05) is 30.3 Å². The summed E-state index contributed by atoms with van der Waals surface area (Å²) in [7, 11) is 2.02. The Balaban J connectivity index is 1.61. The van der Waals surface area contributed by atoms with Crippen molar-refractivity contribution in [2.45, 2.75) is 6.61 Å². The van der Waals surface area contributed by atoms with E-state index in [-0.39, 0.29) is 29.0 Å². The van der Waals surface area contributed by atoms with Gasteiger partial charge in [-0.2, -0.15) is 0 Å². The highest BCUT2D eigenvalue weighted by Gasteiger charge is 2.24. The zero-order valence-electron chi connectivity index (χ0n) is 19.8. The fraction of sp³-hybridized carbons (Fsp3) is 0.214. The van der Waals surface area contributed by atoms with E-state index in [4.69, 9.17) is 4.74 Å². The molecule has 2 N–H and O–H groups in total. The number of nitrogens with zero attached hydrogens (tertiary/aromatic N) is 2. The number of piperazine rings is 1. The van der Waals surface area contributed by atoms with E-state index < -0.39 is 17.2 Å². The summed E-state index contributed by atoms with van der Waals surface area (Å²) in [6, 6.07) is 18.1. The molecule has 0 amide bonds. The maximum absolute atomic E-state index is 15.2. The molecule has 4 aromatic rings. The number of aromatic nitrogens is 1. The number of esters is 1. The number of carbonyl (C=O) groups is 1. The average Bonchev–Trinajstić information content (AvgIpc) is 2.89. The summed E-state index contributed by atoms with van der Waals surface area (Å²) in [4.78, 5) is 34.1. The molecule has 2 heterocycles. The first-order valence-electron chi connectivity index (χ1n) is 11.7. The van der Waals surface area contributed by atoms with Gasteiger partial charge in [0.25, 0.3) is 0 Å². The third kappa shape index (κ3) is 4.67. The number of fused-ring (bicyclic) bond motifs is 1. The Morgan fingerprint density at radius 1 is 1.03 bits per heavy atom. The van der Waals surface area contributed by atoms with Gasteiger partial charge in [0.15, 0.2) is 0 Å². The number of H-pyrrole nitrogens is 1. The second-order valence-electron chi connectivity index (χ2n) is 8.95. The number of ether oxygens (including phenoxy) is 1. The average molecular weight is 488 g/mol. The molecule has 36 heavy (non-hydrogen) atoms. The van der Waals surface area contributed by atoms with E-state index in [0.717, 1.165) is 18.7 Å². The Morgan fingerprint density at radius 3 is 2.42 bits per heavy atom. The van der Waals surface area contributed by atoms with Crippen LogP contribution in [0.4, 0.5) is 10.1 Å². The van der Waals surface area contributed by atoms with Crippen molar-refractivity contribution in [2.75, 3.05) is 38.1 Å². The van der Waals surface area contributed by atoms with Gasteiger partial charge in [-0.25, -0.2) is 9.18 Å². The van der Waals surface area contributed by atoms with Gasteiger partial charge >= 0.3 is 5.97 Å². The maximum Gasteiger partial charge on any atom is 0.344 e. The first kappa shape index (κ1) is 23.6. The van der Waals surface area contributed by atoms with Crippen molar-refractivity contribution in [3.05, 3.63) is 93.9 Å². The Kier molecular flexibility index (Phi) is 6.43. The molecule has 0 bridgehead atoms. The van der Waals surface area contributed by atoms with E-state index in [9.17, 15) is 14.7 Å².